The summed E-state index contributed by atoms with van der Waals surface area (Å²) in [4.78, 5) is 28.4. The van der Waals surface area contributed by atoms with Crippen molar-refractivity contribution in [3.8, 4) is 0 Å². The smallest absolute Gasteiger partial charge is 0.339 e. The van der Waals surface area contributed by atoms with Crippen LogP contribution in [0.4, 0.5) is 10.1 Å². The second kappa shape index (κ2) is 11.9. The number of nitrogens with one attached hydrogen (secondary N) is 1. The fraction of sp³-hybridized carbons (Fsp3) is 0.419. The molecule has 2 aliphatic rings. The largest absolute Gasteiger partial charge is 0.459 e. The van der Waals surface area contributed by atoms with E-state index in [0.29, 0.717) is 12.2 Å². The molecule has 0 atom stereocenters. The van der Waals surface area contributed by atoms with Crippen LogP contribution >= 0.6 is 0 Å². The van der Waals surface area contributed by atoms with Crippen molar-refractivity contribution >= 4 is 23.1 Å². The van der Waals surface area contributed by atoms with Crippen molar-refractivity contribution < 1.29 is 18.7 Å². The number of nitrogens with zero attached hydrogens (tertiary/aromatic N) is 1. The summed E-state index contributed by atoms with van der Waals surface area (Å²) in [7, 11) is 0. The zero-order valence-corrected chi connectivity index (χ0v) is 22.6. The molecule has 2 aromatic carbocycles. The zero-order valence-electron chi connectivity index (χ0n) is 22.6. The first-order chi connectivity index (χ1) is 18.2. The number of allylic oxidation sites excluding steroid dienone is 1. The van der Waals surface area contributed by atoms with Crippen molar-refractivity contribution in [3.05, 3.63) is 82.8 Å². The van der Waals surface area contributed by atoms with E-state index in [1.165, 1.54) is 18.7 Å². The van der Waals surface area contributed by atoms with Gasteiger partial charge in [-0.05, 0) is 93.4 Å². The number of hydrogen-bond donors (Lipinski definition) is 2. The van der Waals surface area contributed by atoms with Crippen molar-refractivity contribution in [2.75, 3.05) is 18.8 Å². The Bertz CT molecular complexity index is 1240. The highest BCUT2D eigenvalue weighted by Gasteiger charge is 2.42. The number of amides is 1. The second-order valence-corrected chi connectivity index (χ2v) is 10.9. The quantitative estimate of drug-likeness (QED) is 0.188. The molecular weight excluding hydrogens is 481 g/mol. The van der Waals surface area contributed by atoms with Crippen LogP contribution in [0, 0.1) is 11.2 Å². The standard InChI is InChI=1S/C31H38FN3O3/c1-21(2)38-30(37)23(18-26(31(3)13-14-31)24-9-5-6-10-28(24)33)19-34-29(36)25-17-22(11-12-27(25)32)20-35-15-7-4-8-16-35/h5-6,9-12,17-19,21H,4,7-8,13-16,20,33H2,1-3H3,(H,34,36)/b23-19+,26-18-. The summed E-state index contributed by atoms with van der Waals surface area (Å²) in [5.41, 5.74) is 9.51. The maximum atomic E-state index is 14.7. The molecule has 1 heterocycles. The Balaban J connectivity index is 1.62. The van der Waals surface area contributed by atoms with Gasteiger partial charge in [-0.2, -0.15) is 0 Å². The van der Waals surface area contributed by atoms with Gasteiger partial charge in [0.2, 0.25) is 0 Å². The SMILES string of the molecule is CC(C)OC(=O)C(=C/NC(=O)c1cc(CN2CCCCC2)ccc1F)/C=C(/c1ccccc1N)C1(C)CC1. The number of piperidine rings is 1. The third-order valence-corrected chi connectivity index (χ3v) is 7.27. The third-order valence-electron chi connectivity index (χ3n) is 7.27. The molecule has 2 fully saturated rings. The van der Waals surface area contributed by atoms with Gasteiger partial charge in [0.1, 0.15) is 5.82 Å². The van der Waals surface area contributed by atoms with Gasteiger partial charge in [-0.25, -0.2) is 9.18 Å². The van der Waals surface area contributed by atoms with Gasteiger partial charge in [-0.1, -0.05) is 37.6 Å². The number of para-hydroxylation sites is 1. The number of carbonyl (C=O) groups excluding carboxylic acids is 2. The van der Waals surface area contributed by atoms with Crippen molar-refractivity contribution in [2.45, 2.75) is 65.5 Å². The van der Waals surface area contributed by atoms with Crippen LogP contribution in [0.1, 0.15) is 74.4 Å². The Morgan fingerprint density at radius 1 is 1.11 bits per heavy atom. The highest BCUT2D eigenvalue weighted by Crippen LogP contribution is 2.56. The molecule has 1 amide bonds. The number of rotatable bonds is 9. The van der Waals surface area contributed by atoms with Crippen LogP contribution in [-0.4, -0.2) is 36.0 Å². The summed E-state index contributed by atoms with van der Waals surface area (Å²) in [5, 5.41) is 2.64. The summed E-state index contributed by atoms with van der Waals surface area (Å²) in [6.45, 7) is 8.33. The van der Waals surface area contributed by atoms with Gasteiger partial charge in [0.05, 0.1) is 17.2 Å². The molecular formula is C31H38FN3O3. The van der Waals surface area contributed by atoms with Crippen LogP contribution in [0.3, 0.4) is 0 Å². The van der Waals surface area contributed by atoms with Crippen LogP contribution in [0.15, 0.2) is 60.3 Å². The Morgan fingerprint density at radius 3 is 2.47 bits per heavy atom. The van der Waals surface area contributed by atoms with Crippen LogP contribution in [-0.2, 0) is 16.1 Å². The molecule has 7 heteroatoms. The first kappa shape index (κ1) is 27.6. The lowest BCUT2D eigenvalue weighted by molar-refractivity contribution is -0.142. The molecule has 6 nitrogen and oxygen atoms in total. The number of benzene rings is 2. The Kier molecular flexibility index (Phi) is 8.67. The summed E-state index contributed by atoms with van der Waals surface area (Å²) < 4.78 is 20.1. The molecule has 38 heavy (non-hydrogen) atoms. The van der Waals surface area contributed by atoms with Crippen LogP contribution < -0.4 is 11.1 Å². The van der Waals surface area contributed by atoms with Crippen molar-refractivity contribution in [1.82, 2.24) is 10.2 Å². The predicted molar refractivity (Wildman–Crippen MR) is 148 cm³/mol. The average molecular weight is 520 g/mol. The van der Waals surface area contributed by atoms with E-state index in [9.17, 15) is 14.0 Å². The summed E-state index contributed by atoms with van der Waals surface area (Å²) in [5.74, 6) is -1.80. The lowest BCUT2D eigenvalue weighted by atomic mass is 9.88. The molecule has 0 bridgehead atoms. The zero-order chi connectivity index (χ0) is 27.3. The molecule has 1 aliphatic heterocycles. The van der Waals surface area contributed by atoms with E-state index in [-0.39, 0.29) is 22.7 Å². The summed E-state index contributed by atoms with van der Waals surface area (Å²) in [6.07, 6.45) is 8.16. The molecule has 0 aromatic heterocycles. The van der Waals surface area contributed by atoms with E-state index in [4.69, 9.17) is 10.5 Å². The number of ether oxygens (including phenoxy) is 1. The monoisotopic (exact) mass is 519 g/mol. The van der Waals surface area contributed by atoms with Gasteiger partial charge in [0, 0.05) is 24.0 Å². The van der Waals surface area contributed by atoms with E-state index in [0.717, 1.165) is 55.5 Å². The molecule has 1 saturated carbocycles. The summed E-state index contributed by atoms with van der Waals surface area (Å²) >= 11 is 0. The number of hydrogen-bond acceptors (Lipinski definition) is 5. The predicted octanol–water partition coefficient (Wildman–Crippen LogP) is 5.84. The maximum Gasteiger partial charge on any atom is 0.339 e. The molecule has 0 radical (unpaired) electrons. The molecule has 1 saturated heterocycles. The second-order valence-electron chi connectivity index (χ2n) is 10.9. The number of anilines is 1. The van der Waals surface area contributed by atoms with E-state index in [1.807, 2.05) is 24.3 Å². The van der Waals surface area contributed by atoms with E-state index >= 15 is 0 Å². The molecule has 3 N–H and O–H groups in total. The molecule has 2 aromatic rings. The number of carbonyl (C=O) groups is 2. The average Bonchev–Trinajstić information content (AvgIpc) is 3.64. The highest BCUT2D eigenvalue weighted by atomic mass is 19.1. The van der Waals surface area contributed by atoms with E-state index in [2.05, 4.69) is 17.1 Å². The molecule has 4 rings (SSSR count). The van der Waals surface area contributed by atoms with Gasteiger partial charge < -0.3 is 15.8 Å². The fourth-order valence-corrected chi connectivity index (χ4v) is 4.81. The van der Waals surface area contributed by atoms with Crippen molar-refractivity contribution in [2.24, 2.45) is 5.41 Å². The minimum absolute atomic E-state index is 0.0574. The van der Waals surface area contributed by atoms with Crippen molar-refractivity contribution in [3.63, 3.8) is 0 Å². The minimum Gasteiger partial charge on any atom is -0.459 e. The van der Waals surface area contributed by atoms with Gasteiger partial charge in [-0.3, -0.25) is 9.69 Å². The van der Waals surface area contributed by atoms with Crippen molar-refractivity contribution in [1.29, 1.82) is 0 Å². The van der Waals surface area contributed by atoms with Gasteiger partial charge in [-0.15, -0.1) is 0 Å². The van der Waals surface area contributed by atoms with Crippen LogP contribution in [0.2, 0.25) is 0 Å². The van der Waals surface area contributed by atoms with E-state index < -0.39 is 17.7 Å². The topological polar surface area (TPSA) is 84.7 Å². The fourth-order valence-electron chi connectivity index (χ4n) is 4.81. The first-order valence-corrected chi connectivity index (χ1v) is 13.5. The van der Waals surface area contributed by atoms with Gasteiger partial charge >= 0.3 is 5.97 Å². The first-order valence-electron chi connectivity index (χ1n) is 13.5. The highest BCUT2D eigenvalue weighted by molar-refractivity contribution is 5.99. The third kappa shape index (κ3) is 6.90. The number of esters is 1. The Morgan fingerprint density at radius 2 is 1.82 bits per heavy atom. The minimum atomic E-state index is -0.621. The number of nitrogen functional groups attached to an aromatic ring is 1. The molecule has 202 valence electrons. The Labute approximate surface area is 224 Å². The van der Waals surface area contributed by atoms with Gasteiger partial charge in [0.25, 0.3) is 5.91 Å². The van der Waals surface area contributed by atoms with Gasteiger partial charge in [0.15, 0.2) is 0 Å². The number of nitrogens with two attached hydrogens (primary N) is 1. The molecule has 1 aliphatic carbocycles. The maximum absolute atomic E-state index is 14.7. The van der Waals surface area contributed by atoms with Crippen LogP contribution in [0.5, 0.6) is 0 Å². The Hall–Kier alpha value is -3.45. The molecule has 0 spiro atoms. The normalized spacial score (nSPS) is 17.8. The van der Waals surface area contributed by atoms with E-state index in [1.54, 1.807) is 32.1 Å². The molecule has 0 unspecified atom stereocenters. The lowest BCUT2D eigenvalue weighted by Gasteiger charge is -2.26. The lowest BCUT2D eigenvalue weighted by Crippen LogP contribution is -2.29. The number of halogens is 1. The summed E-state index contributed by atoms with van der Waals surface area (Å²) in [6, 6.07) is 12.2. The van der Waals surface area contributed by atoms with Crippen LogP contribution in [0.25, 0.3) is 5.57 Å². The number of likely N-dealkylation sites (tertiary alicyclic amines) is 1.